The Labute approximate surface area is 124 Å². The fraction of sp³-hybridized carbons (Fsp3) is 0.0714. The molecule has 3 N–H and O–H groups in total. The molecule has 1 amide bonds. The minimum Gasteiger partial charge on any atom is -0.398 e. The summed E-state index contributed by atoms with van der Waals surface area (Å²) in [6.45, 7) is 0. The van der Waals surface area contributed by atoms with E-state index < -0.39 is 0 Å². The van der Waals surface area contributed by atoms with Gasteiger partial charge in [0.15, 0.2) is 0 Å². The van der Waals surface area contributed by atoms with Gasteiger partial charge in [0.25, 0.3) is 0 Å². The van der Waals surface area contributed by atoms with E-state index in [1.807, 2.05) is 12.1 Å². The van der Waals surface area contributed by atoms with Crippen LogP contribution in [0.5, 0.6) is 0 Å². The first-order valence-corrected chi connectivity index (χ1v) is 6.81. The van der Waals surface area contributed by atoms with Crippen molar-refractivity contribution in [3.05, 3.63) is 57.5 Å². The topological polar surface area (TPSA) is 55.1 Å². The lowest BCUT2D eigenvalue weighted by Crippen LogP contribution is -2.14. The predicted octanol–water partition coefficient (Wildman–Crippen LogP) is 3.87. The van der Waals surface area contributed by atoms with Gasteiger partial charge in [-0.2, -0.15) is 0 Å². The van der Waals surface area contributed by atoms with E-state index in [9.17, 15) is 4.79 Å². The summed E-state index contributed by atoms with van der Waals surface area (Å²) in [7, 11) is 0. The highest BCUT2D eigenvalue weighted by molar-refractivity contribution is 9.10. The summed E-state index contributed by atoms with van der Waals surface area (Å²) in [5.74, 6) is -0.107. The number of anilines is 2. The van der Waals surface area contributed by atoms with Crippen LogP contribution < -0.4 is 11.1 Å². The summed E-state index contributed by atoms with van der Waals surface area (Å²) >= 11 is 9.18. The Morgan fingerprint density at radius 2 is 2.05 bits per heavy atom. The lowest BCUT2D eigenvalue weighted by Gasteiger charge is -2.07. The summed E-state index contributed by atoms with van der Waals surface area (Å²) in [6, 6.07) is 12.5. The summed E-state index contributed by atoms with van der Waals surface area (Å²) in [6.07, 6.45) is 0.274. The summed E-state index contributed by atoms with van der Waals surface area (Å²) in [4.78, 5) is 11.9. The van der Waals surface area contributed by atoms with E-state index in [0.29, 0.717) is 16.4 Å². The van der Waals surface area contributed by atoms with Crippen LogP contribution in [0.4, 0.5) is 11.4 Å². The molecule has 0 atom stereocenters. The van der Waals surface area contributed by atoms with Crippen molar-refractivity contribution in [1.29, 1.82) is 0 Å². The minimum atomic E-state index is -0.107. The molecule has 19 heavy (non-hydrogen) atoms. The molecule has 2 aromatic rings. The van der Waals surface area contributed by atoms with Gasteiger partial charge in [0, 0.05) is 20.9 Å². The monoisotopic (exact) mass is 338 g/mol. The third-order valence-electron chi connectivity index (χ3n) is 2.53. The molecule has 2 rings (SSSR count). The van der Waals surface area contributed by atoms with Crippen molar-refractivity contribution in [2.24, 2.45) is 0 Å². The van der Waals surface area contributed by atoms with Crippen molar-refractivity contribution in [2.45, 2.75) is 6.42 Å². The van der Waals surface area contributed by atoms with Gasteiger partial charge >= 0.3 is 0 Å². The number of halogens is 2. The molecular weight excluding hydrogens is 328 g/mol. The first kappa shape index (κ1) is 13.9. The molecule has 0 aliphatic heterocycles. The number of nitrogens with two attached hydrogens (primary N) is 1. The molecule has 0 fully saturated rings. The lowest BCUT2D eigenvalue weighted by atomic mass is 10.1. The molecule has 0 aliphatic carbocycles. The maximum Gasteiger partial charge on any atom is 0.228 e. The van der Waals surface area contributed by atoms with Crippen LogP contribution in [0.15, 0.2) is 46.9 Å². The zero-order valence-electron chi connectivity index (χ0n) is 9.99. The van der Waals surface area contributed by atoms with Crippen molar-refractivity contribution < 1.29 is 4.79 Å². The molecule has 0 saturated heterocycles. The van der Waals surface area contributed by atoms with E-state index in [4.69, 9.17) is 17.3 Å². The minimum absolute atomic E-state index is 0.107. The number of carbonyl (C=O) groups is 1. The second-order valence-corrected chi connectivity index (χ2v) is 5.38. The van der Waals surface area contributed by atoms with Crippen LogP contribution in [-0.2, 0) is 11.2 Å². The van der Waals surface area contributed by atoms with Crippen molar-refractivity contribution in [2.75, 3.05) is 11.1 Å². The smallest absolute Gasteiger partial charge is 0.228 e. The number of carbonyl (C=O) groups excluding carboxylic acids is 1. The van der Waals surface area contributed by atoms with Crippen LogP contribution in [0.25, 0.3) is 0 Å². The molecule has 0 unspecified atom stereocenters. The Bertz CT molecular complexity index is 616. The molecule has 3 nitrogen and oxygen atoms in total. The third kappa shape index (κ3) is 3.98. The van der Waals surface area contributed by atoms with E-state index >= 15 is 0 Å². The summed E-state index contributed by atoms with van der Waals surface area (Å²) < 4.78 is 0.806. The van der Waals surface area contributed by atoms with Gasteiger partial charge in [-0.1, -0.05) is 23.7 Å². The molecule has 0 spiro atoms. The second-order valence-electron chi connectivity index (χ2n) is 4.09. The van der Waals surface area contributed by atoms with Crippen LogP contribution in [0.2, 0.25) is 5.02 Å². The first-order valence-electron chi connectivity index (χ1n) is 5.64. The van der Waals surface area contributed by atoms with Gasteiger partial charge in [-0.15, -0.1) is 0 Å². The number of amides is 1. The average Bonchev–Trinajstić information content (AvgIpc) is 2.34. The van der Waals surface area contributed by atoms with Crippen LogP contribution in [0, 0.1) is 0 Å². The zero-order chi connectivity index (χ0) is 13.8. The van der Waals surface area contributed by atoms with Crippen LogP contribution >= 0.6 is 27.5 Å². The second kappa shape index (κ2) is 6.08. The van der Waals surface area contributed by atoms with E-state index in [-0.39, 0.29) is 12.3 Å². The number of nitrogens with one attached hydrogen (secondary N) is 1. The quantitative estimate of drug-likeness (QED) is 0.834. The molecule has 0 aromatic heterocycles. The standard InChI is InChI=1S/C14H12BrClN2O/c15-12-5-4-11(8-13(12)17)18-14(19)7-9-2-1-3-10(16)6-9/h1-6,8H,7,17H2,(H,18,19). The van der Waals surface area contributed by atoms with Gasteiger partial charge in [-0.05, 0) is 51.8 Å². The van der Waals surface area contributed by atoms with Crippen molar-refractivity contribution in [3.63, 3.8) is 0 Å². The van der Waals surface area contributed by atoms with E-state index in [0.717, 1.165) is 10.0 Å². The Morgan fingerprint density at radius 3 is 2.74 bits per heavy atom. The summed E-state index contributed by atoms with van der Waals surface area (Å²) in [5, 5.41) is 3.42. The highest BCUT2D eigenvalue weighted by Gasteiger charge is 2.05. The van der Waals surface area contributed by atoms with Gasteiger partial charge in [0.2, 0.25) is 5.91 Å². The fourth-order valence-electron chi connectivity index (χ4n) is 1.66. The highest BCUT2D eigenvalue weighted by Crippen LogP contribution is 2.23. The first-order chi connectivity index (χ1) is 9.04. The molecule has 2 aromatic carbocycles. The number of hydrogen-bond donors (Lipinski definition) is 2. The molecule has 0 heterocycles. The number of nitrogen functional groups attached to an aromatic ring is 1. The molecule has 0 saturated carbocycles. The third-order valence-corrected chi connectivity index (χ3v) is 3.49. The van der Waals surface area contributed by atoms with Crippen molar-refractivity contribution in [3.8, 4) is 0 Å². The van der Waals surface area contributed by atoms with Crippen LogP contribution in [0.3, 0.4) is 0 Å². The highest BCUT2D eigenvalue weighted by atomic mass is 79.9. The number of hydrogen-bond acceptors (Lipinski definition) is 2. The Morgan fingerprint density at radius 1 is 1.26 bits per heavy atom. The normalized spacial score (nSPS) is 10.2. The van der Waals surface area contributed by atoms with Gasteiger partial charge in [0.05, 0.1) is 6.42 Å². The van der Waals surface area contributed by atoms with E-state index in [1.54, 1.807) is 30.3 Å². The fourth-order valence-corrected chi connectivity index (χ4v) is 2.12. The van der Waals surface area contributed by atoms with E-state index in [1.165, 1.54) is 0 Å². The predicted molar refractivity (Wildman–Crippen MR) is 82.3 cm³/mol. The maximum absolute atomic E-state index is 11.9. The lowest BCUT2D eigenvalue weighted by molar-refractivity contribution is -0.115. The Balaban J connectivity index is 2.03. The van der Waals surface area contributed by atoms with Gasteiger partial charge in [-0.25, -0.2) is 0 Å². The van der Waals surface area contributed by atoms with Crippen LogP contribution in [0.1, 0.15) is 5.56 Å². The van der Waals surface area contributed by atoms with E-state index in [2.05, 4.69) is 21.2 Å². The molecular formula is C14H12BrClN2O. The molecule has 0 aliphatic rings. The molecule has 98 valence electrons. The maximum atomic E-state index is 11.9. The SMILES string of the molecule is Nc1cc(NC(=O)Cc2cccc(Cl)c2)ccc1Br. The summed E-state index contributed by atoms with van der Waals surface area (Å²) in [5.41, 5.74) is 7.88. The Hall–Kier alpha value is -1.52. The van der Waals surface area contributed by atoms with Gasteiger partial charge in [-0.3, -0.25) is 4.79 Å². The molecule has 0 bridgehead atoms. The number of benzene rings is 2. The largest absolute Gasteiger partial charge is 0.398 e. The van der Waals surface area contributed by atoms with Crippen molar-refractivity contribution >= 4 is 44.8 Å². The molecule has 5 heteroatoms. The van der Waals surface area contributed by atoms with Crippen molar-refractivity contribution in [1.82, 2.24) is 0 Å². The van der Waals surface area contributed by atoms with Gasteiger partial charge < -0.3 is 11.1 Å². The zero-order valence-corrected chi connectivity index (χ0v) is 12.3. The number of rotatable bonds is 3. The average molecular weight is 340 g/mol. The Kier molecular flexibility index (Phi) is 4.45. The van der Waals surface area contributed by atoms with Gasteiger partial charge in [0.1, 0.15) is 0 Å². The van der Waals surface area contributed by atoms with Crippen LogP contribution in [-0.4, -0.2) is 5.91 Å². The molecule has 0 radical (unpaired) electrons.